The van der Waals surface area contributed by atoms with Gasteiger partial charge in [-0.1, -0.05) is 0 Å². The minimum Gasteiger partial charge on any atom is -0.497 e. The second-order valence-corrected chi connectivity index (χ2v) is 6.18. The summed E-state index contributed by atoms with van der Waals surface area (Å²) in [6.45, 7) is 6.02. The Kier molecular flexibility index (Phi) is 5.45. The number of hydrogen-bond donors (Lipinski definition) is 2. The fourth-order valence-corrected chi connectivity index (χ4v) is 3.07. The van der Waals surface area contributed by atoms with Gasteiger partial charge in [-0.15, -0.1) is 0 Å². The molecule has 1 unspecified atom stereocenters. The lowest BCUT2D eigenvalue weighted by Gasteiger charge is -2.32. The molecule has 25 heavy (non-hydrogen) atoms. The summed E-state index contributed by atoms with van der Waals surface area (Å²) < 4.78 is 16.0. The maximum absolute atomic E-state index is 12.5. The molecule has 0 aliphatic carbocycles. The molecule has 1 atom stereocenters. The zero-order valence-corrected chi connectivity index (χ0v) is 14.9. The van der Waals surface area contributed by atoms with Gasteiger partial charge in [0, 0.05) is 43.2 Å². The smallest absolute Gasteiger partial charge is 0.267 e. The molecular formula is C18H25N3O4. The summed E-state index contributed by atoms with van der Waals surface area (Å²) in [5.41, 5.74) is 1.32. The van der Waals surface area contributed by atoms with Gasteiger partial charge in [0.1, 0.15) is 17.2 Å². The Balaban J connectivity index is 1.69. The van der Waals surface area contributed by atoms with Crippen molar-refractivity contribution >= 4 is 16.8 Å². The molecule has 1 amide bonds. The lowest BCUT2D eigenvalue weighted by atomic mass is 10.2. The van der Waals surface area contributed by atoms with Gasteiger partial charge in [0.15, 0.2) is 0 Å². The largest absolute Gasteiger partial charge is 0.497 e. The van der Waals surface area contributed by atoms with Crippen molar-refractivity contribution in [1.29, 1.82) is 0 Å². The van der Waals surface area contributed by atoms with Crippen LogP contribution in [0.3, 0.4) is 0 Å². The Morgan fingerprint density at radius 2 is 2.04 bits per heavy atom. The van der Waals surface area contributed by atoms with Crippen LogP contribution >= 0.6 is 0 Å². The summed E-state index contributed by atoms with van der Waals surface area (Å²) in [5.74, 6) is 1.22. The van der Waals surface area contributed by atoms with Gasteiger partial charge in [-0.25, -0.2) is 0 Å². The fourth-order valence-electron chi connectivity index (χ4n) is 3.07. The number of nitrogens with zero attached hydrogens (tertiary/aromatic N) is 1. The van der Waals surface area contributed by atoms with E-state index in [1.54, 1.807) is 20.3 Å². The van der Waals surface area contributed by atoms with Crippen molar-refractivity contribution < 1.29 is 19.0 Å². The lowest BCUT2D eigenvalue weighted by molar-refractivity contribution is 0.0204. The van der Waals surface area contributed by atoms with E-state index in [-0.39, 0.29) is 11.9 Å². The first kappa shape index (κ1) is 17.6. The molecule has 1 aromatic heterocycles. The summed E-state index contributed by atoms with van der Waals surface area (Å²) in [5, 5.41) is 3.85. The molecule has 136 valence electrons. The number of fused-ring (bicyclic) bond motifs is 1. The molecule has 2 aromatic rings. The van der Waals surface area contributed by atoms with E-state index >= 15 is 0 Å². The number of hydrogen-bond acceptors (Lipinski definition) is 5. The Labute approximate surface area is 147 Å². The SMILES string of the molecule is COc1cc(OC)c2cc(C(=O)NCC(C)N3CCOCC3)[nH]c2c1. The highest BCUT2D eigenvalue weighted by atomic mass is 16.5. The first-order valence-electron chi connectivity index (χ1n) is 8.47. The third-order valence-electron chi connectivity index (χ3n) is 4.60. The Bertz CT molecular complexity index is 737. The highest BCUT2D eigenvalue weighted by molar-refractivity contribution is 6.00. The van der Waals surface area contributed by atoms with E-state index < -0.39 is 0 Å². The maximum atomic E-state index is 12.5. The molecule has 3 rings (SSSR count). The topological polar surface area (TPSA) is 75.8 Å². The second-order valence-electron chi connectivity index (χ2n) is 6.18. The molecule has 1 aromatic carbocycles. The van der Waals surface area contributed by atoms with Crippen LogP contribution in [-0.4, -0.2) is 68.9 Å². The van der Waals surface area contributed by atoms with Crippen molar-refractivity contribution in [2.24, 2.45) is 0 Å². The quantitative estimate of drug-likeness (QED) is 0.831. The summed E-state index contributed by atoms with van der Waals surface area (Å²) >= 11 is 0. The van der Waals surface area contributed by atoms with Crippen LogP contribution in [0.2, 0.25) is 0 Å². The normalized spacial score (nSPS) is 16.6. The summed E-state index contributed by atoms with van der Waals surface area (Å²) in [6.07, 6.45) is 0. The number of morpholine rings is 1. The van der Waals surface area contributed by atoms with E-state index in [0.29, 0.717) is 23.7 Å². The Hall–Kier alpha value is -2.25. The van der Waals surface area contributed by atoms with Crippen LogP contribution in [0.5, 0.6) is 11.5 Å². The number of ether oxygens (including phenoxy) is 3. The van der Waals surface area contributed by atoms with Crippen molar-refractivity contribution in [3.63, 3.8) is 0 Å². The molecular weight excluding hydrogens is 322 g/mol. The molecule has 0 spiro atoms. The van der Waals surface area contributed by atoms with Crippen LogP contribution in [0.15, 0.2) is 18.2 Å². The van der Waals surface area contributed by atoms with Gasteiger partial charge in [-0.3, -0.25) is 9.69 Å². The standard InChI is InChI=1S/C18H25N3O4/c1-12(21-4-6-25-7-5-21)11-19-18(22)16-10-14-15(20-16)8-13(23-2)9-17(14)24-3/h8-10,12,20H,4-7,11H2,1-3H3,(H,19,22). The maximum Gasteiger partial charge on any atom is 0.267 e. The predicted molar refractivity (Wildman–Crippen MR) is 95.6 cm³/mol. The van der Waals surface area contributed by atoms with Gasteiger partial charge in [0.25, 0.3) is 5.91 Å². The average molecular weight is 347 g/mol. The third kappa shape index (κ3) is 3.88. The molecule has 2 heterocycles. The van der Waals surface area contributed by atoms with E-state index in [4.69, 9.17) is 14.2 Å². The number of carbonyl (C=O) groups excluding carboxylic acids is 1. The molecule has 2 N–H and O–H groups in total. The van der Waals surface area contributed by atoms with Crippen LogP contribution in [0.25, 0.3) is 10.9 Å². The molecule has 0 radical (unpaired) electrons. The highest BCUT2D eigenvalue weighted by Crippen LogP contribution is 2.31. The molecule has 7 heteroatoms. The van der Waals surface area contributed by atoms with Crippen molar-refractivity contribution in [2.75, 3.05) is 47.1 Å². The van der Waals surface area contributed by atoms with Crippen molar-refractivity contribution in [2.45, 2.75) is 13.0 Å². The number of nitrogens with one attached hydrogen (secondary N) is 2. The van der Waals surface area contributed by atoms with Crippen LogP contribution < -0.4 is 14.8 Å². The fraction of sp³-hybridized carbons (Fsp3) is 0.500. The van der Waals surface area contributed by atoms with Crippen molar-refractivity contribution in [3.05, 3.63) is 23.9 Å². The number of rotatable bonds is 6. The number of aromatic nitrogens is 1. The number of H-pyrrole nitrogens is 1. The molecule has 7 nitrogen and oxygen atoms in total. The average Bonchev–Trinajstić information content (AvgIpc) is 3.09. The minimum atomic E-state index is -0.127. The number of aromatic amines is 1. The molecule has 1 fully saturated rings. The number of benzene rings is 1. The van der Waals surface area contributed by atoms with Gasteiger partial charge in [-0.05, 0) is 13.0 Å². The number of amides is 1. The van der Waals surface area contributed by atoms with Crippen LogP contribution in [0, 0.1) is 0 Å². The van der Waals surface area contributed by atoms with Crippen LogP contribution in [0.1, 0.15) is 17.4 Å². The summed E-state index contributed by atoms with van der Waals surface area (Å²) in [7, 11) is 3.20. The highest BCUT2D eigenvalue weighted by Gasteiger charge is 2.19. The van der Waals surface area contributed by atoms with Crippen molar-refractivity contribution in [3.8, 4) is 11.5 Å². The van der Waals surface area contributed by atoms with Crippen molar-refractivity contribution in [1.82, 2.24) is 15.2 Å². The van der Waals surface area contributed by atoms with Gasteiger partial charge < -0.3 is 24.5 Å². The Morgan fingerprint density at radius 3 is 2.72 bits per heavy atom. The molecule has 0 saturated carbocycles. The predicted octanol–water partition coefficient (Wildman–Crippen LogP) is 1.64. The Morgan fingerprint density at radius 1 is 1.28 bits per heavy atom. The summed E-state index contributed by atoms with van der Waals surface area (Å²) in [6, 6.07) is 5.73. The molecule has 0 bridgehead atoms. The second kappa shape index (κ2) is 7.76. The van der Waals surface area contributed by atoms with Gasteiger partial charge in [-0.2, -0.15) is 0 Å². The first-order valence-corrected chi connectivity index (χ1v) is 8.47. The monoisotopic (exact) mass is 347 g/mol. The zero-order chi connectivity index (χ0) is 17.8. The van der Waals surface area contributed by atoms with E-state index in [1.165, 1.54) is 0 Å². The van der Waals surface area contributed by atoms with Crippen LogP contribution in [0.4, 0.5) is 0 Å². The lowest BCUT2D eigenvalue weighted by Crippen LogP contribution is -2.47. The van der Waals surface area contributed by atoms with Gasteiger partial charge in [0.2, 0.25) is 0 Å². The summed E-state index contributed by atoms with van der Waals surface area (Å²) in [4.78, 5) is 18.0. The van der Waals surface area contributed by atoms with Gasteiger partial charge >= 0.3 is 0 Å². The van der Waals surface area contributed by atoms with E-state index in [0.717, 1.165) is 37.2 Å². The number of methoxy groups -OCH3 is 2. The van der Waals surface area contributed by atoms with Crippen LogP contribution in [-0.2, 0) is 4.74 Å². The first-order chi connectivity index (χ1) is 12.1. The molecule has 1 saturated heterocycles. The van der Waals surface area contributed by atoms with E-state index in [9.17, 15) is 4.79 Å². The molecule has 1 aliphatic rings. The van der Waals surface area contributed by atoms with E-state index in [1.807, 2.05) is 12.1 Å². The minimum absolute atomic E-state index is 0.127. The molecule has 1 aliphatic heterocycles. The number of carbonyl (C=O) groups is 1. The van der Waals surface area contributed by atoms with E-state index in [2.05, 4.69) is 22.1 Å². The zero-order valence-electron chi connectivity index (χ0n) is 14.9. The third-order valence-corrected chi connectivity index (χ3v) is 4.60. The van der Waals surface area contributed by atoms with Gasteiger partial charge in [0.05, 0.1) is 33.0 Å².